The Morgan fingerprint density at radius 3 is 2.13 bits per heavy atom. The first-order chi connectivity index (χ1) is 13.9. The van der Waals surface area contributed by atoms with E-state index in [0.29, 0.717) is 0 Å². The van der Waals surface area contributed by atoms with Gasteiger partial charge in [-0.15, -0.1) is 13.2 Å². The van der Waals surface area contributed by atoms with Gasteiger partial charge < -0.3 is 9.26 Å². The summed E-state index contributed by atoms with van der Waals surface area (Å²) in [4.78, 5) is -0.628. The summed E-state index contributed by atoms with van der Waals surface area (Å²) in [6.07, 6.45) is -7.28. The van der Waals surface area contributed by atoms with Crippen LogP contribution in [-0.4, -0.2) is 26.2 Å². The van der Waals surface area contributed by atoms with Crippen molar-refractivity contribution in [1.29, 1.82) is 0 Å². The minimum absolute atomic E-state index is 0.0859. The van der Waals surface area contributed by atoms with Crippen molar-refractivity contribution < 1.29 is 44.0 Å². The lowest BCUT2D eigenvalue weighted by Crippen LogP contribution is -2.16. The number of hydrogen-bond donors (Lipinski definition) is 0. The predicted octanol–water partition coefficient (Wildman–Crippen LogP) is 5.39. The van der Waals surface area contributed by atoms with Gasteiger partial charge in [0, 0.05) is 11.8 Å². The maximum absolute atomic E-state index is 14.3. The molecule has 1 heterocycles. The van der Waals surface area contributed by atoms with Crippen LogP contribution in [0.4, 0.5) is 26.3 Å². The fourth-order valence-corrected chi connectivity index (χ4v) is 3.43. The van der Waals surface area contributed by atoms with Crippen molar-refractivity contribution in [3.05, 3.63) is 54.0 Å². The maximum Gasteiger partial charge on any atom is 0.573 e. The van der Waals surface area contributed by atoms with Crippen LogP contribution >= 0.6 is 0 Å². The van der Waals surface area contributed by atoms with Crippen LogP contribution in [0.2, 0.25) is 0 Å². The number of nitrogens with zero attached hydrogens (tertiary/aromatic N) is 1. The molecule has 0 unspecified atom stereocenters. The fourth-order valence-electron chi connectivity index (χ4n) is 2.70. The third-order valence-electron chi connectivity index (χ3n) is 3.90. The van der Waals surface area contributed by atoms with E-state index in [1.54, 1.807) is 0 Å². The molecule has 30 heavy (non-hydrogen) atoms. The zero-order valence-corrected chi connectivity index (χ0v) is 15.7. The van der Waals surface area contributed by atoms with Crippen LogP contribution in [0.15, 0.2) is 51.9 Å². The molecule has 0 aliphatic carbocycles. The van der Waals surface area contributed by atoms with Gasteiger partial charge >= 0.3 is 6.36 Å². The molecule has 12 heteroatoms. The van der Waals surface area contributed by atoms with E-state index in [4.69, 9.17) is 0 Å². The fraction of sp³-hybridized carbons (Fsp3) is 0.167. The number of hydrogen-bond acceptors (Lipinski definition) is 5. The molecule has 0 saturated carbocycles. The van der Waals surface area contributed by atoms with E-state index in [9.17, 15) is 34.8 Å². The molecule has 2 aromatic carbocycles. The number of benzene rings is 2. The molecule has 1 aromatic heterocycles. The second-order valence-electron chi connectivity index (χ2n) is 6.06. The van der Waals surface area contributed by atoms with Crippen LogP contribution < -0.4 is 4.74 Å². The lowest BCUT2D eigenvalue weighted by atomic mass is 9.99. The molecule has 0 amide bonds. The molecule has 0 N–H and O–H groups in total. The highest BCUT2D eigenvalue weighted by Crippen LogP contribution is 2.40. The van der Waals surface area contributed by atoms with Gasteiger partial charge in [-0.3, -0.25) is 0 Å². The Morgan fingerprint density at radius 1 is 1.03 bits per heavy atom. The number of alkyl halides is 5. The van der Waals surface area contributed by atoms with Gasteiger partial charge in [-0.2, -0.15) is 0 Å². The number of sulfone groups is 1. The molecule has 3 aromatic rings. The smallest absolute Gasteiger partial charge is 0.406 e. The summed E-state index contributed by atoms with van der Waals surface area (Å²) >= 11 is 0. The van der Waals surface area contributed by atoms with E-state index < -0.39 is 44.8 Å². The third kappa shape index (κ3) is 4.58. The monoisotopic (exact) mass is 451 g/mol. The molecule has 160 valence electrons. The Kier molecular flexibility index (Phi) is 5.54. The molecule has 0 aliphatic heterocycles. The summed E-state index contributed by atoms with van der Waals surface area (Å²) in [6.45, 7) is 0. The standard InChI is InChI=1S/C18H11F6NO4S/c1-30(26,27)13-7-4-10(8-12(13)19)14-15(25-29-16(14)17(20)21)9-2-5-11(6-3-9)28-18(22,23)24/h2-8,17H,1H3. The van der Waals surface area contributed by atoms with Crippen LogP contribution in [0.3, 0.4) is 0 Å². The lowest BCUT2D eigenvalue weighted by molar-refractivity contribution is -0.274. The largest absolute Gasteiger partial charge is 0.573 e. The molecule has 0 spiro atoms. The zero-order valence-electron chi connectivity index (χ0n) is 14.9. The maximum atomic E-state index is 14.3. The van der Waals surface area contributed by atoms with Crippen LogP contribution in [0.5, 0.6) is 5.75 Å². The highest BCUT2D eigenvalue weighted by atomic mass is 32.2. The molecule has 3 rings (SSSR count). The van der Waals surface area contributed by atoms with Crippen molar-refractivity contribution in [1.82, 2.24) is 5.16 Å². The van der Waals surface area contributed by atoms with Gasteiger partial charge in [0.1, 0.15) is 22.2 Å². The van der Waals surface area contributed by atoms with Crippen LogP contribution in [0.1, 0.15) is 12.2 Å². The first-order valence-corrected chi connectivity index (χ1v) is 9.90. The minimum atomic E-state index is -4.91. The zero-order chi connectivity index (χ0) is 22.3. The van der Waals surface area contributed by atoms with E-state index in [2.05, 4.69) is 14.4 Å². The van der Waals surface area contributed by atoms with Crippen molar-refractivity contribution in [3.8, 4) is 28.1 Å². The van der Waals surface area contributed by atoms with Gasteiger partial charge in [0.25, 0.3) is 6.43 Å². The van der Waals surface area contributed by atoms with Gasteiger partial charge in [-0.05, 0) is 42.0 Å². The number of rotatable bonds is 5. The first kappa shape index (κ1) is 21.7. The quantitative estimate of drug-likeness (QED) is 0.487. The summed E-state index contributed by atoms with van der Waals surface area (Å²) in [5.41, 5.74) is -0.589. The Bertz CT molecular complexity index is 1170. The Hall–Kier alpha value is -3.02. The Morgan fingerprint density at radius 2 is 1.63 bits per heavy atom. The van der Waals surface area contributed by atoms with E-state index in [1.807, 2.05) is 0 Å². The molecule has 0 radical (unpaired) electrons. The molecule has 0 fully saturated rings. The number of ether oxygens (including phenoxy) is 1. The average molecular weight is 451 g/mol. The highest BCUT2D eigenvalue weighted by molar-refractivity contribution is 7.90. The SMILES string of the molecule is CS(=O)(=O)c1ccc(-c2c(-c3ccc(OC(F)(F)F)cc3)noc2C(F)F)cc1F. The van der Waals surface area contributed by atoms with Crippen molar-refractivity contribution >= 4 is 9.84 Å². The van der Waals surface area contributed by atoms with Gasteiger partial charge in [0.05, 0.1) is 5.56 Å². The van der Waals surface area contributed by atoms with Crippen molar-refractivity contribution in [2.24, 2.45) is 0 Å². The summed E-state index contributed by atoms with van der Waals surface area (Å²) in [6, 6.07) is 6.87. The Balaban J connectivity index is 2.10. The lowest BCUT2D eigenvalue weighted by Gasteiger charge is -2.10. The van der Waals surface area contributed by atoms with Gasteiger partial charge in [-0.25, -0.2) is 21.6 Å². The summed E-state index contributed by atoms with van der Waals surface area (Å²) < 4.78 is 109. The van der Waals surface area contributed by atoms with Crippen molar-refractivity contribution in [3.63, 3.8) is 0 Å². The van der Waals surface area contributed by atoms with Gasteiger partial charge in [0.15, 0.2) is 9.84 Å². The minimum Gasteiger partial charge on any atom is -0.406 e. The summed E-state index contributed by atoms with van der Waals surface area (Å²) in [7, 11) is -3.90. The number of halogens is 6. The second kappa shape index (κ2) is 7.67. The predicted molar refractivity (Wildman–Crippen MR) is 92.1 cm³/mol. The molecule has 0 atom stereocenters. The number of aromatic nitrogens is 1. The van der Waals surface area contributed by atoms with Gasteiger partial charge in [-0.1, -0.05) is 11.2 Å². The molecular weight excluding hydrogens is 440 g/mol. The first-order valence-electron chi connectivity index (χ1n) is 8.00. The normalized spacial score (nSPS) is 12.4. The van der Waals surface area contributed by atoms with Crippen LogP contribution in [0.25, 0.3) is 22.4 Å². The van der Waals surface area contributed by atoms with E-state index in [-0.39, 0.29) is 22.4 Å². The molecule has 0 saturated heterocycles. The van der Waals surface area contributed by atoms with Crippen LogP contribution in [0, 0.1) is 5.82 Å². The van der Waals surface area contributed by atoms with E-state index in [1.165, 1.54) is 0 Å². The molecule has 5 nitrogen and oxygen atoms in total. The van der Waals surface area contributed by atoms with Crippen molar-refractivity contribution in [2.75, 3.05) is 6.26 Å². The van der Waals surface area contributed by atoms with Gasteiger partial charge in [0.2, 0.25) is 5.76 Å². The van der Waals surface area contributed by atoms with Crippen molar-refractivity contribution in [2.45, 2.75) is 17.7 Å². The molecule has 0 aliphatic rings. The topological polar surface area (TPSA) is 69.4 Å². The second-order valence-corrected chi connectivity index (χ2v) is 8.04. The summed E-state index contributed by atoms with van der Waals surface area (Å²) in [5.74, 6) is -2.63. The van der Waals surface area contributed by atoms with E-state index in [0.717, 1.165) is 48.7 Å². The van der Waals surface area contributed by atoms with Crippen LogP contribution in [-0.2, 0) is 9.84 Å². The molecule has 0 bridgehead atoms. The van der Waals surface area contributed by atoms with E-state index >= 15 is 0 Å². The highest BCUT2D eigenvalue weighted by Gasteiger charge is 2.31. The summed E-state index contributed by atoms with van der Waals surface area (Å²) in [5, 5.41) is 3.53. The molecular formula is C18H11F6NO4S. The average Bonchev–Trinajstić information content (AvgIpc) is 3.05. The third-order valence-corrected chi connectivity index (χ3v) is 5.03. The Labute approximate surface area is 165 Å².